The summed E-state index contributed by atoms with van der Waals surface area (Å²) in [5.74, 6) is 2.03. The third-order valence-electron chi connectivity index (χ3n) is 6.66. The third-order valence-corrected chi connectivity index (χ3v) is 6.66. The first-order chi connectivity index (χ1) is 14.6. The molecule has 2 aliphatic rings. The Labute approximate surface area is 173 Å². The van der Waals surface area contributed by atoms with Crippen LogP contribution in [0.3, 0.4) is 0 Å². The fourth-order valence-corrected chi connectivity index (χ4v) is 5.15. The van der Waals surface area contributed by atoms with Gasteiger partial charge in [-0.3, -0.25) is 4.79 Å². The number of rotatable bonds is 3. The highest BCUT2D eigenvalue weighted by atomic mass is 16.2. The summed E-state index contributed by atoms with van der Waals surface area (Å²) in [6, 6.07) is 4.44. The van der Waals surface area contributed by atoms with Crippen molar-refractivity contribution in [2.45, 2.75) is 25.8 Å². The van der Waals surface area contributed by atoms with Crippen LogP contribution in [-0.2, 0) is 4.79 Å². The number of imidazole rings is 1. The van der Waals surface area contributed by atoms with Crippen LogP contribution in [0.25, 0.3) is 27.8 Å². The molecule has 4 aromatic rings. The molecule has 0 aromatic carbocycles. The number of nitrogens with zero attached hydrogens (tertiary/aromatic N) is 5. The van der Waals surface area contributed by atoms with E-state index in [1.807, 2.05) is 34.0 Å². The molecule has 0 bridgehead atoms. The van der Waals surface area contributed by atoms with E-state index < -0.39 is 0 Å². The predicted molar refractivity (Wildman–Crippen MR) is 114 cm³/mol. The molecule has 1 aliphatic heterocycles. The second-order valence-corrected chi connectivity index (χ2v) is 8.53. The summed E-state index contributed by atoms with van der Waals surface area (Å²) in [5.41, 5.74) is 3.92. The summed E-state index contributed by atoms with van der Waals surface area (Å²) in [7, 11) is 0. The van der Waals surface area contributed by atoms with Crippen molar-refractivity contribution in [2.75, 3.05) is 18.4 Å². The van der Waals surface area contributed by atoms with Crippen LogP contribution in [0.2, 0.25) is 0 Å². The van der Waals surface area contributed by atoms with Crippen LogP contribution in [-0.4, -0.2) is 54.3 Å². The molecule has 8 heteroatoms. The summed E-state index contributed by atoms with van der Waals surface area (Å²) in [4.78, 5) is 30.5. The van der Waals surface area contributed by atoms with Crippen molar-refractivity contribution in [1.29, 1.82) is 0 Å². The lowest BCUT2D eigenvalue weighted by molar-refractivity contribution is -0.128. The Morgan fingerprint density at radius 1 is 1.20 bits per heavy atom. The van der Waals surface area contributed by atoms with Crippen LogP contribution < -0.4 is 5.32 Å². The topological polar surface area (TPSA) is 91.2 Å². The number of carbonyl (C=O) groups excluding carboxylic acids is 1. The number of nitrogens with one attached hydrogen (secondary N) is 2. The van der Waals surface area contributed by atoms with Gasteiger partial charge in [-0.05, 0) is 36.8 Å². The summed E-state index contributed by atoms with van der Waals surface area (Å²) in [6.07, 6.45) is 11.8. The van der Waals surface area contributed by atoms with E-state index in [4.69, 9.17) is 4.98 Å². The third kappa shape index (κ3) is 2.82. The molecular weight excluding hydrogens is 378 g/mol. The van der Waals surface area contributed by atoms with Crippen molar-refractivity contribution in [3.63, 3.8) is 0 Å². The molecule has 1 saturated carbocycles. The van der Waals surface area contributed by atoms with Crippen molar-refractivity contribution in [3.05, 3.63) is 43.1 Å². The van der Waals surface area contributed by atoms with Crippen LogP contribution >= 0.6 is 0 Å². The fourth-order valence-electron chi connectivity index (χ4n) is 5.15. The smallest absolute Gasteiger partial charge is 0.224 e. The molecule has 0 radical (unpaired) electrons. The van der Waals surface area contributed by atoms with Gasteiger partial charge in [0.1, 0.15) is 11.3 Å². The summed E-state index contributed by atoms with van der Waals surface area (Å²) >= 11 is 0. The minimum atomic E-state index is 0.192. The molecule has 0 spiro atoms. The number of anilines is 1. The number of hydrogen-bond donors (Lipinski definition) is 2. The maximum Gasteiger partial charge on any atom is 0.224 e. The Morgan fingerprint density at radius 3 is 2.83 bits per heavy atom. The number of likely N-dealkylation sites (tertiary alicyclic amines) is 1. The quantitative estimate of drug-likeness (QED) is 0.551. The summed E-state index contributed by atoms with van der Waals surface area (Å²) in [6.45, 7) is 3.44. The van der Waals surface area contributed by atoms with E-state index in [0.29, 0.717) is 23.8 Å². The number of aromatic amines is 1. The van der Waals surface area contributed by atoms with Crippen LogP contribution in [0.15, 0.2) is 43.1 Å². The molecule has 152 valence electrons. The van der Waals surface area contributed by atoms with E-state index in [1.165, 1.54) is 0 Å². The molecule has 1 aliphatic carbocycles. The molecule has 3 atom stereocenters. The van der Waals surface area contributed by atoms with E-state index in [1.54, 1.807) is 13.1 Å². The van der Waals surface area contributed by atoms with Gasteiger partial charge in [-0.15, -0.1) is 0 Å². The molecule has 30 heavy (non-hydrogen) atoms. The average Bonchev–Trinajstić information content (AvgIpc) is 3.49. The van der Waals surface area contributed by atoms with Gasteiger partial charge < -0.3 is 19.6 Å². The van der Waals surface area contributed by atoms with Crippen molar-refractivity contribution in [3.8, 4) is 11.1 Å². The minimum Gasteiger partial charge on any atom is -0.351 e. The van der Waals surface area contributed by atoms with Gasteiger partial charge in [-0.2, -0.15) is 4.98 Å². The lowest BCUT2D eigenvalue weighted by atomic mass is 10.0. The SMILES string of the molecule is CC(=O)N1C[C@H]2C[C@H](Nc3ncc4c(-c5ccc6nccn6c5)c[nH]c4n3)C[C@H]2C1. The van der Waals surface area contributed by atoms with E-state index in [2.05, 4.69) is 32.5 Å². The zero-order chi connectivity index (χ0) is 20.2. The minimum absolute atomic E-state index is 0.192. The highest BCUT2D eigenvalue weighted by molar-refractivity contribution is 5.93. The van der Waals surface area contributed by atoms with Crippen LogP contribution in [0.1, 0.15) is 19.8 Å². The molecule has 4 aromatic heterocycles. The Kier molecular flexibility index (Phi) is 3.81. The molecule has 5 heterocycles. The van der Waals surface area contributed by atoms with E-state index in [9.17, 15) is 4.79 Å². The van der Waals surface area contributed by atoms with Gasteiger partial charge in [0.25, 0.3) is 0 Å². The van der Waals surface area contributed by atoms with Crippen LogP contribution in [0.4, 0.5) is 5.95 Å². The Bertz CT molecular complexity index is 1240. The average molecular weight is 401 g/mol. The molecule has 0 unspecified atom stereocenters. The first-order valence-corrected chi connectivity index (χ1v) is 10.4. The Balaban J connectivity index is 1.21. The van der Waals surface area contributed by atoms with Crippen molar-refractivity contribution in [2.24, 2.45) is 11.8 Å². The Hall–Kier alpha value is -3.42. The molecule has 1 saturated heterocycles. The monoisotopic (exact) mass is 401 g/mol. The standard InChI is InChI=1S/C22H23N7O/c1-13(30)29-11-15-6-17(7-16(15)12-29)26-22-25-9-19-18(8-24-21(19)27-22)14-2-3-20-23-4-5-28(20)10-14/h2-5,8-10,15-17H,6-7,11-12H2,1H3,(H2,24,25,26,27)/t15-,16+,17+. The van der Waals surface area contributed by atoms with Crippen molar-refractivity contribution >= 4 is 28.5 Å². The van der Waals surface area contributed by atoms with Crippen LogP contribution in [0.5, 0.6) is 0 Å². The van der Waals surface area contributed by atoms with Gasteiger partial charge in [-0.25, -0.2) is 9.97 Å². The molecule has 2 fully saturated rings. The fraction of sp³-hybridized carbons (Fsp3) is 0.364. The summed E-state index contributed by atoms with van der Waals surface area (Å²) < 4.78 is 2.01. The van der Waals surface area contributed by atoms with Gasteiger partial charge in [0, 0.05) is 73.6 Å². The van der Waals surface area contributed by atoms with E-state index in [0.717, 1.165) is 53.7 Å². The molecule has 1 amide bonds. The van der Waals surface area contributed by atoms with Gasteiger partial charge in [0.05, 0.1) is 0 Å². The number of carbonyl (C=O) groups is 1. The van der Waals surface area contributed by atoms with Gasteiger partial charge >= 0.3 is 0 Å². The highest BCUT2D eigenvalue weighted by Crippen LogP contribution is 2.39. The summed E-state index contributed by atoms with van der Waals surface area (Å²) in [5, 5.41) is 4.52. The number of amides is 1. The molecule has 6 rings (SSSR count). The number of fused-ring (bicyclic) bond motifs is 3. The highest BCUT2D eigenvalue weighted by Gasteiger charge is 2.41. The van der Waals surface area contributed by atoms with Crippen molar-refractivity contribution in [1.82, 2.24) is 29.2 Å². The number of H-pyrrole nitrogens is 1. The predicted octanol–water partition coefficient (Wildman–Crippen LogP) is 2.94. The zero-order valence-corrected chi connectivity index (χ0v) is 16.7. The van der Waals surface area contributed by atoms with Gasteiger partial charge in [0.2, 0.25) is 11.9 Å². The lowest BCUT2D eigenvalue weighted by Gasteiger charge is -2.18. The van der Waals surface area contributed by atoms with Crippen molar-refractivity contribution < 1.29 is 4.79 Å². The molecular formula is C22H23N7O. The Morgan fingerprint density at radius 2 is 2.03 bits per heavy atom. The maximum absolute atomic E-state index is 11.6. The lowest BCUT2D eigenvalue weighted by Crippen LogP contribution is -2.29. The largest absolute Gasteiger partial charge is 0.351 e. The number of hydrogen-bond acceptors (Lipinski definition) is 5. The second-order valence-electron chi connectivity index (χ2n) is 8.53. The zero-order valence-electron chi connectivity index (χ0n) is 16.7. The molecule has 8 nitrogen and oxygen atoms in total. The van der Waals surface area contributed by atoms with E-state index in [-0.39, 0.29) is 5.91 Å². The molecule has 2 N–H and O–H groups in total. The maximum atomic E-state index is 11.6. The first kappa shape index (κ1) is 17.4. The first-order valence-electron chi connectivity index (χ1n) is 10.4. The van der Waals surface area contributed by atoms with Crippen LogP contribution in [0, 0.1) is 11.8 Å². The van der Waals surface area contributed by atoms with Gasteiger partial charge in [-0.1, -0.05) is 0 Å². The number of aromatic nitrogens is 5. The van der Waals surface area contributed by atoms with E-state index >= 15 is 0 Å². The normalized spacial score (nSPS) is 23.4. The second kappa shape index (κ2) is 6.55. The number of pyridine rings is 1. The van der Waals surface area contributed by atoms with Gasteiger partial charge in [0.15, 0.2) is 0 Å².